The highest BCUT2D eigenvalue weighted by Crippen LogP contribution is 2.31. The van der Waals surface area contributed by atoms with Gasteiger partial charge in [-0.05, 0) is 25.0 Å². The monoisotopic (exact) mass is 304 g/mol. The molecule has 0 bridgehead atoms. The Morgan fingerprint density at radius 2 is 2.10 bits per heavy atom. The first kappa shape index (κ1) is 14.0. The lowest BCUT2D eigenvalue weighted by Crippen LogP contribution is -2.33. The van der Waals surface area contributed by atoms with E-state index in [1.807, 2.05) is 0 Å². The summed E-state index contributed by atoms with van der Waals surface area (Å²) in [4.78, 5) is 18.2. The van der Waals surface area contributed by atoms with Gasteiger partial charge in [0.2, 0.25) is 0 Å². The molecule has 3 nitrogen and oxygen atoms in total. The predicted molar refractivity (Wildman–Crippen MR) is 78.5 cm³/mol. The maximum absolute atomic E-state index is 13.8. The molecule has 0 saturated heterocycles. The number of aromatic nitrogens is 1. The molecule has 1 heterocycles. The van der Waals surface area contributed by atoms with Gasteiger partial charge in [0, 0.05) is 30.5 Å². The fourth-order valence-corrected chi connectivity index (χ4v) is 2.47. The van der Waals surface area contributed by atoms with Crippen LogP contribution in [-0.4, -0.2) is 21.8 Å². The topological polar surface area (TPSA) is 33.2 Å². The van der Waals surface area contributed by atoms with Crippen molar-refractivity contribution >= 4 is 17.5 Å². The van der Waals surface area contributed by atoms with Crippen molar-refractivity contribution in [3.05, 3.63) is 64.7 Å². The molecule has 1 fully saturated rings. The van der Waals surface area contributed by atoms with Gasteiger partial charge in [0.05, 0.1) is 10.6 Å². The molecular weight excluding hydrogens is 291 g/mol. The number of rotatable bonds is 4. The van der Waals surface area contributed by atoms with Gasteiger partial charge in [0.1, 0.15) is 5.82 Å². The normalized spacial score (nSPS) is 14.0. The Balaban J connectivity index is 1.87. The molecule has 1 aliphatic rings. The third kappa shape index (κ3) is 3.05. The molecule has 3 rings (SSSR count). The maximum Gasteiger partial charge on any atom is 0.256 e. The predicted octanol–water partition coefficient (Wildman–Crippen LogP) is 3.68. The number of carbonyl (C=O) groups is 1. The van der Waals surface area contributed by atoms with Gasteiger partial charge in [-0.15, -0.1) is 0 Å². The van der Waals surface area contributed by atoms with Crippen LogP contribution in [0.15, 0.2) is 42.7 Å². The van der Waals surface area contributed by atoms with E-state index in [9.17, 15) is 9.18 Å². The smallest absolute Gasteiger partial charge is 0.256 e. The first-order valence-electron chi connectivity index (χ1n) is 6.80. The molecule has 0 aliphatic heterocycles. The van der Waals surface area contributed by atoms with Crippen molar-refractivity contribution in [3.8, 4) is 0 Å². The fraction of sp³-hybridized carbons (Fsp3) is 0.250. The highest BCUT2D eigenvalue weighted by molar-refractivity contribution is 6.33. The van der Waals surface area contributed by atoms with Crippen molar-refractivity contribution in [2.75, 3.05) is 0 Å². The van der Waals surface area contributed by atoms with E-state index >= 15 is 0 Å². The molecule has 2 aromatic rings. The van der Waals surface area contributed by atoms with Gasteiger partial charge in [-0.1, -0.05) is 29.8 Å². The summed E-state index contributed by atoms with van der Waals surface area (Å²) in [5.41, 5.74) is 0.929. The molecule has 0 unspecified atom stereocenters. The van der Waals surface area contributed by atoms with E-state index < -0.39 is 0 Å². The van der Waals surface area contributed by atoms with Crippen LogP contribution in [0.2, 0.25) is 5.02 Å². The van der Waals surface area contributed by atoms with Crippen molar-refractivity contribution in [2.45, 2.75) is 25.4 Å². The van der Waals surface area contributed by atoms with Gasteiger partial charge in [-0.2, -0.15) is 0 Å². The molecule has 1 saturated carbocycles. The average molecular weight is 305 g/mol. The Hall–Kier alpha value is -1.94. The molecule has 0 spiro atoms. The number of hydrogen-bond acceptors (Lipinski definition) is 2. The van der Waals surface area contributed by atoms with Gasteiger partial charge in [0.25, 0.3) is 5.91 Å². The minimum absolute atomic E-state index is 0.168. The summed E-state index contributed by atoms with van der Waals surface area (Å²) >= 11 is 6.04. The zero-order valence-corrected chi connectivity index (χ0v) is 12.1. The van der Waals surface area contributed by atoms with E-state index in [0.717, 1.165) is 12.8 Å². The van der Waals surface area contributed by atoms with Gasteiger partial charge in [0.15, 0.2) is 0 Å². The van der Waals surface area contributed by atoms with Crippen LogP contribution in [0.3, 0.4) is 0 Å². The zero-order chi connectivity index (χ0) is 14.8. The summed E-state index contributed by atoms with van der Waals surface area (Å²) in [6.07, 6.45) is 4.88. The quantitative estimate of drug-likeness (QED) is 0.863. The summed E-state index contributed by atoms with van der Waals surface area (Å²) in [6.45, 7) is 0.259. The lowest BCUT2D eigenvalue weighted by Gasteiger charge is -2.23. The Bertz CT molecular complexity index is 673. The number of carbonyl (C=O) groups excluding carboxylic acids is 1. The van der Waals surface area contributed by atoms with Gasteiger partial charge in [-0.25, -0.2) is 4.39 Å². The summed E-state index contributed by atoms with van der Waals surface area (Å²) < 4.78 is 13.8. The summed E-state index contributed by atoms with van der Waals surface area (Å²) in [5.74, 6) is -0.468. The average Bonchev–Trinajstić information content (AvgIpc) is 3.31. The van der Waals surface area contributed by atoms with E-state index in [-0.39, 0.29) is 24.3 Å². The molecule has 5 heteroatoms. The lowest BCUT2D eigenvalue weighted by molar-refractivity contribution is 0.0728. The SMILES string of the molecule is O=C(c1ccncc1Cl)N(Cc1ccccc1F)C1CC1. The number of hydrogen-bond donors (Lipinski definition) is 0. The van der Waals surface area contributed by atoms with Crippen LogP contribution >= 0.6 is 11.6 Å². The third-order valence-corrected chi connectivity index (χ3v) is 3.85. The minimum Gasteiger partial charge on any atom is -0.331 e. The maximum atomic E-state index is 13.8. The Labute approximate surface area is 127 Å². The molecule has 0 radical (unpaired) electrons. The van der Waals surface area contributed by atoms with Crippen molar-refractivity contribution in [1.29, 1.82) is 0 Å². The van der Waals surface area contributed by atoms with Crippen molar-refractivity contribution in [1.82, 2.24) is 9.88 Å². The third-order valence-electron chi connectivity index (χ3n) is 3.55. The molecule has 1 aromatic heterocycles. The summed E-state index contributed by atoms with van der Waals surface area (Å²) in [7, 11) is 0. The minimum atomic E-state index is -0.295. The van der Waals surface area contributed by atoms with Crippen LogP contribution in [0, 0.1) is 5.82 Å². The highest BCUT2D eigenvalue weighted by Gasteiger charge is 2.34. The molecular formula is C16H14ClFN2O. The Kier molecular flexibility index (Phi) is 3.88. The Morgan fingerprint density at radius 1 is 1.33 bits per heavy atom. The van der Waals surface area contributed by atoms with Gasteiger partial charge in [-0.3, -0.25) is 9.78 Å². The Morgan fingerprint density at radius 3 is 2.76 bits per heavy atom. The number of halogens is 2. The number of benzene rings is 1. The fourth-order valence-electron chi connectivity index (χ4n) is 2.27. The second kappa shape index (κ2) is 5.82. The number of amides is 1. The lowest BCUT2D eigenvalue weighted by atomic mass is 10.1. The van der Waals surface area contributed by atoms with Crippen molar-refractivity contribution in [2.24, 2.45) is 0 Å². The number of nitrogens with zero attached hydrogens (tertiary/aromatic N) is 2. The van der Waals surface area contributed by atoms with E-state index in [2.05, 4.69) is 4.98 Å². The molecule has 108 valence electrons. The van der Waals surface area contributed by atoms with E-state index in [1.54, 1.807) is 29.2 Å². The second-order valence-electron chi connectivity index (χ2n) is 5.11. The number of pyridine rings is 1. The van der Waals surface area contributed by atoms with Crippen LogP contribution < -0.4 is 0 Å². The first-order valence-corrected chi connectivity index (χ1v) is 7.18. The summed E-state index contributed by atoms with van der Waals surface area (Å²) in [5, 5.41) is 0.321. The molecule has 0 N–H and O–H groups in total. The first-order chi connectivity index (χ1) is 10.2. The van der Waals surface area contributed by atoms with Crippen molar-refractivity contribution in [3.63, 3.8) is 0 Å². The van der Waals surface area contributed by atoms with Gasteiger partial charge < -0.3 is 4.90 Å². The van der Waals surface area contributed by atoms with Crippen molar-refractivity contribution < 1.29 is 9.18 Å². The standard InChI is InChI=1S/C16H14ClFN2O/c17-14-9-19-8-7-13(14)16(21)20(12-5-6-12)10-11-3-1-2-4-15(11)18/h1-4,7-9,12H,5-6,10H2. The van der Waals surface area contributed by atoms with Crippen LogP contribution in [0.1, 0.15) is 28.8 Å². The molecule has 1 aliphatic carbocycles. The summed E-state index contributed by atoms with van der Waals surface area (Å²) in [6, 6.07) is 8.29. The largest absolute Gasteiger partial charge is 0.331 e. The van der Waals surface area contributed by atoms with Crippen LogP contribution in [0.25, 0.3) is 0 Å². The molecule has 1 amide bonds. The van der Waals surface area contributed by atoms with E-state index in [1.165, 1.54) is 18.5 Å². The second-order valence-corrected chi connectivity index (χ2v) is 5.52. The molecule has 0 atom stereocenters. The molecule has 21 heavy (non-hydrogen) atoms. The van der Waals surface area contributed by atoms with Crippen LogP contribution in [0.4, 0.5) is 4.39 Å². The van der Waals surface area contributed by atoms with Gasteiger partial charge >= 0.3 is 0 Å². The zero-order valence-electron chi connectivity index (χ0n) is 11.3. The van der Waals surface area contributed by atoms with Crippen LogP contribution in [-0.2, 0) is 6.54 Å². The van der Waals surface area contributed by atoms with E-state index in [0.29, 0.717) is 16.1 Å². The van der Waals surface area contributed by atoms with E-state index in [4.69, 9.17) is 11.6 Å². The van der Waals surface area contributed by atoms with Crippen LogP contribution in [0.5, 0.6) is 0 Å². The highest BCUT2D eigenvalue weighted by atomic mass is 35.5. The molecule has 1 aromatic carbocycles.